The van der Waals surface area contributed by atoms with Crippen molar-refractivity contribution in [2.45, 2.75) is 46.1 Å². The highest BCUT2D eigenvalue weighted by atomic mass is 16.2. The van der Waals surface area contributed by atoms with Crippen LogP contribution in [-0.4, -0.2) is 29.9 Å². The van der Waals surface area contributed by atoms with E-state index in [1.54, 1.807) is 0 Å². The van der Waals surface area contributed by atoms with E-state index >= 15 is 0 Å². The average molecular weight is 260 g/mol. The number of para-hydroxylation sites is 1. The van der Waals surface area contributed by atoms with Crippen LogP contribution in [0.25, 0.3) is 0 Å². The standard InChI is InChI=1S/C16H24N2O/c1-12-7-6-8-13(2)16(12)17-15(19)11-18-10-5-4-9-14(18)3/h6-8,14H,4-5,9-11H2,1-3H3,(H,17,19)/t14-/m1/s1. The molecular weight excluding hydrogens is 236 g/mol. The molecule has 0 aliphatic carbocycles. The molecule has 1 atom stereocenters. The zero-order valence-electron chi connectivity index (χ0n) is 12.2. The highest BCUT2D eigenvalue weighted by Crippen LogP contribution is 2.20. The molecule has 3 heteroatoms. The first-order valence-electron chi connectivity index (χ1n) is 7.18. The zero-order valence-corrected chi connectivity index (χ0v) is 12.2. The summed E-state index contributed by atoms with van der Waals surface area (Å²) < 4.78 is 0. The quantitative estimate of drug-likeness (QED) is 0.905. The van der Waals surface area contributed by atoms with Gasteiger partial charge in [0.15, 0.2) is 0 Å². The Morgan fingerprint density at radius 2 is 2.00 bits per heavy atom. The van der Waals surface area contributed by atoms with Gasteiger partial charge in [0.2, 0.25) is 5.91 Å². The molecule has 1 aromatic rings. The number of likely N-dealkylation sites (tertiary alicyclic amines) is 1. The van der Waals surface area contributed by atoms with Crippen LogP contribution in [0.5, 0.6) is 0 Å². The maximum absolute atomic E-state index is 12.2. The zero-order chi connectivity index (χ0) is 13.8. The molecule has 1 aliphatic heterocycles. The van der Waals surface area contributed by atoms with Crippen LogP contribution in [0, 0.1) is 13.8 Å². The van der Waals surface area contributed by atoms with E-state index in [9.17, 15) is 4.79 Å². The van der Waals surface area contributed by atoms with Crippen LogP contribution in [0.4, 0.5) is 5.69 Å². The Balaban J connectivity index is 1.97. The van der Waals surface area contributed by atoms with Gasteiger partial charge in [-0.1, -0.05) is 24.6 Å². The summed E-state index contributed by atoms with van der Waals surface area (Å²) in [5, 5.41) is 3.07. The van der Waals surface area contributed by atoms with E-state index in [-0.39, 0.29) is 5.91 Å². The van der Waals surface area contributed by atoms with Crippen molar-refractivity contribution in [3.05, 3.63) is 29.3 Å². The molecule has 1 N–H and O–H groups in total. The lowest BCUT2D eigenvalue weighted by Gasteiger charge is -2.32. The van der Waals surface area contributed by atoms with Gasteiger partial charge in [-0.15, -0.1) is 0 Å². The van der Waals surface area contributed by atoms with E-state index in [2.05, 4.69) is 17.1 Å². The number of nitrogens with one attached hydrogen (secondary N) is 1. The molecule has 1 aliphatic rings. The average Bonchev–Trinajstić information content (AvgIpc) is 2.37. The molecule has 0 bridgehead atoms. The molecule has 0 spiro atoms. The fourth-order valence-electron chi connectivity index (χ4n) is 2.77. The van der Waals surface area contributed by atoms with Crippen molar-refractivity contribution in [2.24, 2.45) is 0 Å². The van der Waals surface area contributed by atoms with Gasteiger partial charge in [0.05, 0.1) is 6.54 Å². The van der Waals surface area contributed by atoms with Crippen molar-refractivity contribution in [2.75, 3.05) is 18.4 Å². The first-order chi connectivity index (χ1) is 9.08. The summed E-state index contributed by atoms with van der Waals surface area (Å²) in [4.78, 5) is 14.5. The third-order valence-corrected chi connectivity index (χ3v) is 4.03. The van der Waals surface area contributed by atoms with E-state index in [4.69, 9.17) is 0 Å². The molecule has 0 saturated carbocycles. The van der Waals surface area contributed by atoms with Crippen LogP contribution < -0.4 is 5.32 Å². The third-order valence-electron chi connectivity index (χ3n) is 4.03. The number of carbonyl (C=O) groups excluding carboxylic acids is 1. The van der Waals surface area contributed by atoms with Crippen molar-refractivity contribution < 1.29 is 4.79 Å². The molecule has 0 unspecified atom stereocenters. The molecule has 19 heavy (non-hydrogen) atoms. The van der Waals surface area contributed by atoms with Gasteiger partial charge in [-0.3, -0.25) is 9.69 Å². The lowest BCUT2D eigenvalue weighted by Crippen LogP contribution is -2.42. The Morgan fingerprint density at radius 1 is 1.32 bits per heavy atom. The topological polar surface area (TPSA) is 32.3 Å². The number of aryl methyl sites for hydroxylation is 2. The van der Waals surface area contributed by atoms with Gasteiger partial charge >= 0.3 is 0 Å². The van der Waals surface area contributed by atoms with E-state index in [1.165, 1.54) is 19.3 Å². The van der Waals surface area contributed by atoms with Gasteiger partial charge in [0.1, 0.15) is 0 Å². The lowest BCUT2D eigenvalue weighted by molar-refractivity contribution is -0.118. The lowest BCUT2D eigenvalue weighted by atomic mass is 10.0. The van der Waals surface area contributed by atoms with Gasteiger partial charge in [-0.05, 0) is 51.3 Å². The SMILES string of the molecule is Cc1cccc(C)c1NC(=O)CN1CCCC[C@H]1C. The Kier molecular flexibility index (Phi) is 4.59. The van der Waals surface area contributed by atoms with Gasteiger partial charge in [-0.25, -0.2) is 0 Å². The molecule has 104 valence electrons. The van der Waals surface area contributed by atoms with Crippen LogP contribution in [0.2, 0.25) is 0 Å². The van der Waals surface area contributed by atoms with Gasteiger partial charge in [0.25, 0.3) is 0 Å². The second kappa shape index (κ2) is 6.20. The first-order valence-corrected chi connectivity index (χ1v) is 7.18. The third kappa shape index (κ3) is 3.57. The van der Waals surface area contributed by atoms with Crippen molar-refractivity contribution in [1.82, 2.24) is 4.90 Å². The fraction of sp³-hybridized carbons (Fsp3) is 0.562. The molecule has 2 rings (SSSR count). The van der Waals surface area contributed by atoms with Crippen molar-refractivity contribution in [1.29, 1.82) is 0 Å². The Hall–Kier alpha value is -1.35. The van der Waals surface area contributed by atoms with Crippen molar-refractivity contribution in [3.8, 4) is 0 Å². The predicted molar refractivity (Wildman–Crippen MR) is 79.4 cm³/mol. The van der Waals surface area contributed by atoms with E-state index < -0.39 is 0 Å². The molecule has 3 nitrogen and oxygen atoms in total. The van der Waals surface area contributed by atoms with Crippen molar-refractivity contribution in [3.63, 3.8) is 0 Å². The number of hydrogen-bond donors (Lipinski definition) is 1. The second-order valence-corrected chi connectivity index (χ2v) is 5.63. The number of nitrogens with zero attached hydrogens (tertiary/aromatic N) is 1. The minimum absolute atomic E-state index is 0.103. The Morgan fingerprint density at radius 3 is 2.63 bits per heavy atom. The number of anilines is 1. The summed E-state index contributed by atoms with van der Waals surface area (Å²) >= 11 is 0. The maximum atomic E-state index is 12.2. The number of piperidine rings is 1. The fourth-order valence-corrected chi connectivity index (χ4v) is 2.77. The molecule has 1 fully saturated rings. The maximum Gasteiger partial charge on any atom is 0.238 e. The summed E-state index contributed by atoms with van der Waals surface area (Å²) in [5.41, 5.74) is 3.22. The van der Waals surface area contributed by atoms with Crippen LogP contribution in [-0.2, 0) is 4.79 Å². The Labute approximate surface area is 116 Å². The number of carbonyl (C=O) groups is 1. The molecule has 1 saturated heterocycles. The smallest absolute Gasteiger partial charge is 0.238 e. The van der Waals surface area contributed by atoms with E-state index in [1.807, 2.05) is 32.0 Å². The number of benzene rings is 1. The molecule has 0 radical (unpaired) electrons. The molecule has 0 aromatic heterocycles. The van der Waals surface area contributed by atoms with E-state index in [0.29, 0.717) is 12.6 Å². The number of amides is 1. The summed E-state index contributed by atoms with van der Waals surface area (Å²) in [6.45, 7) is 7.83. The molecular formula is C16H24N2O. The highest BCUT2D eigenvalue weighted by molar-refractivity contribution is 5.93. The van der Waals surface area contributed by atoms with Crippen molar-refractivity contribution >= 4 is 11.6 Å². The first kappa shape index (κ1) is 14.1. The van der Waals surface area contributed by atoms with E-state index in [0.717, 1.165) is 23.4 Å². The number of hydrogen-bond acceptors (Lipinski definition) is 2. The van der Waals surface area contributed by atoms with Crippen LogP contribution >= 0.6 is 0 Å². The minimum Gasteiger partial charge on any atom is -0.324 e. The largest absolute Gasteiger partial charge is 0.324 e. The van der Waals surface area contributed by atoms with Crippen LogP contribution in [0.3, 0.4) is 0 Å². The Bertz CT molecular complexity index is 436. The van der Waals surface area contributed by atoms with Gasteiger partial charge in [-0.2, -0.15) is 0 Å². The molecule has 1 heterocycles. The van der Waals surface area contributed by atoms with Gasteiger partial charge in [0, 0.05) is 11.7 Å². The number of rotatable bonds is 3. The second-order valence-electron chi connectivity index (χ2n) is 5.63. The molecule has 1 amide bonds. The summed E-state index contributed by atoms with van der Waals surface area (Å²) in [6, 6.07) is 6.61. The summed E-state index contributed by atoms with van der Waals surface area (Å²) in [7, 11) is 0. The minimum atomic E-state index is 0.103. The summed E-state index contributed by atoms with van der Waals surface area (Å²) in [6.07, 6.45) is 3.70. The van der Waals surface area contributed by atoms with Crippen LogP contribution in [0.1, 0.15) is 37.3 Å². The highest BCUT2D eigenvalue weighted by Gasteiger charge is 2.20. The monoisotopic (exact) mass is 260 g/mol. The summed E-state index contributed by atoms with van der Waals surface area (Å²) in [5.74, 6) is 0.103. The van der Waals surface area contributed by atoms with Gasteiger partial charge < -0.3 is 5.32 Å². The predicted octanol–water partition coefficient (Wildman–Crippen LogP) is 3.12. The normalized spacial score (nSPS) is 20.3. The molecule has 1 aromatic carbocycles. The van der Waals surface area contributed by atoms with Crippen LogP contribution in [0.15, 0.2) is 18.2 Å².